The lowest BCUT2D eigenvalue weighted by molar-refractivity contribution is -0.116. The number of anilines is 1. The van der Waals surface area contributed by atoms with E-state index in [9.17, 15) is 13.2 Å². The normalized spacial score (nSPS) is 16.0. The second kappa shape index (κ2) is 9.76. The van der Waals surface area contributed by atoms with Crippen molar-refractivity contribution in [1.29, 1.82) is 0 Å². The maximum absolute atomic E-state index is 13.2. The molecular weight excluding hydrogens is 436 g/mol. The Morgan fingerprint density at radius 3 is 2.66 bits per heavy atom. The highest BCUT2D eigenvalue weighted by molar-refractivity contribution is 7.89. The number of fused-ring (bicyclic) bond motifs is 1. The Morgan fingerprint density at radius 1 is 1.09 bits per heavy atom. The Hall–Kier alpha value is -2.82. The molecule has 0 aliphatic carbocycles. The van der Waals surface area contributed by atoms with Crippen LogP contribution in [0.2, 0.25) is 0 Å². The lowest BCUT2D eigenvalue weighted by Gasteiger charge is -2.27. The highest BCUT2D eigenvalue weighted by Crippen LogP contribution is 2.33. The Bertz CT molecular complexity index is 1080. The third kappa shape index (κ3) is 4.98. The Balaban J connectivity index is 1.46. The van der Waals surface area contributed by atoms with E-state index < -0.39 is 10.0 Å². The van der Waals surface area contributed by atoms with Crippen LogP contribution in [0, 0.1) is 0 Å². The molecule has 0 spiro atoms. The molecule has 0 unspecified atom stereocenters. The van der Waals surface area contributed by atoms with Crippen molar-refractivity contribution in [3.05, 3.63) is 42.0 Å². The molecular formula is C22H26N2O7S. The molecule has 0 bridgehead atoms. The first-order chi connectivity index (χ1) is 15.5. The molecule has 10 heteroatoms. The molecule has 2 heterocycles. The van der Waals surface area contributed by atoms with Crippen molar-refractivity contribution >= 4 is 21.6 Å². The SMILES string of the molecule is CCOc1ccc(NC(=O)CCc2ccc3c(c2)OCO3)cc1S(=O)(=O)N1CCOCC1. The molecule has 0 atom stereocenters. The van der Waals surface area contributed by atoms with Crippen molar-refractivity contribution in [2.24, 2.45) is 0 Å². The largest absolute Gasteiger partial charge is 0.492 e. The van der Waals surface area contributed by atoms with Gasteiger partial charge >= 0.3 is 0 Å². The van der Waals surface area contributed by atoms with Gasteiger partial charge in [0.05, 0.1) is 19.8 Å². The lowest BCUT2D eigenvalue weighted by Crippen LogP contribution is -2.40. The standard InChI is InChI=1S/C22H26N2O7S/c1-2-29-19-7-5-17(14-21(19)32(26,27)24-9-11-28-12-10-24)23-22(25)8-4-16-3-6-18-20(13-16)31-15-30-18/h3,5-7,13-14H,2,4,8-12,15H2,1H3,(H,23,25). The van der Waals surface area contributed by atoms with E-state index in [0.29, 0.717) is 43.4 Å². The average molecular weight is 463 g/mol. The second-order valence-corrected chi connectivity index (χ2v) is 9.25. The zero-order valence-corrected chi connectivity index (χ0v) is 18.7. The minimum atomic E-state index is -3.78. The average Bonchev–Trinajstić information content (AvgIpc) is 3.27. The summed E-state index contributed by atoms with van der Waals surface area (Å²) in [4.78, 5) is 12.6. The molecule has 2 aromatic rings. The zero-order valence-electron chi connectivity index (χ0n) is 17.8. The summed E-state index contributed by atoms with van der Waals surface area (Å²) in [5, 5.41) is 2.79. The predicted molar refractivity (Wildman–Crippen MR) is 117 cm³/mol. The van der Waals surface area contributed by atoms with E-state index in [2.05, 4.69) is 5.32 Å². The molecule has 0 radical (unpaired) electrons. The summed E-state index contributed by atoms with van der Waals surface area (Å²) >= 11 is 0. The maximum atomic E-state index is 13.2. The number of rotatable bonds is 8. The van der Waals surface area contributed by atoms with E-state index in [1.807, 2.05) is 18.2 Å². The lowest BCUT2D eigenvalue weighted by atomic mass is 10.1. The van der Waals surface area contributed by atoms with Gasteiger partial charge in [0.15, 0.2) is 11.5 Å². The van der Waals surface area contributed by atoms with Crippen LogP contribution < -0.4 is 19.5 Å². The molecule has 172 valence electrons. The first-order valence-corrected chi connectivity index (χ1v) is 11.9. The Kier molecular flexibility index (Phi) is 6.83. The molecule has 1 fully saturated rings. The summed E-state index contributed by atoms with van der Waals surface area (Å²) in [6.45, 7) is 3.57. The van der Waals surface area contributed by atoms with Gasteiger partial charge in [0, 0.05) is 25.2 Å². The summed E-state index contributed by atoms with van der Waals surface area (Å²) in [7, 11) is -3.78. The fraction of sp³-hybridized carbons (Fsp3) is 0.409. The van der Waals surface area contributed by atoms with Crippen molar-refractivity contribution in [1.82, 2.24) is 4.31 Å². The van der Waals surface area contributed by atoms with Gasteiger partial charge in [-0.05, 0) is 49.2 Å². The van der Waals surface area contributed by atoms with Crippen LogP contribution in [0.5, 0.6) is 17.2 Å². The highest BCUT2D eigenvalue weighted by atomic mass is 32.2. The number of morpholine rings is 1. The van der Waals surface area contributed by atoms with Gasteiger partial charge in [0.1, 0.15) is 10.6 Å². The van der Waals surface area contributed by atoms with Crippen LogP contribution in [0.3, 0.4) is 0 Å². The molecule has 1 amide bonds. The van der Waals surface area contributed by atoms with E-state index in [4.69, 9.17) is 18.9 Å². The van der Waals surface area contributed by atoms with Crippen LogP contribution >= 0.6 is 0 Å². The molecule has 1 saturated heterocycles. The molecule has 2 aromatic carbocycles. The van der Waals surface area contributed by atoms with E-state index in [-0.39, 0.29) is 42.9 Å². The number of aryl methyl sites for hydroxylation is 1. The highest BCUT2D eigenvalue weighted by Gasteiger charge is 2.29. The van der Waals surface area contributed by atoms with Gasteiger partial charge in [-0.25, -0.2) is 8.42 Å². The number of benzene rings is 2. The van der Waals surface area contributed by atoms with Gasteiger partial charge in [0.25, 0.3) is 0 Å². The van der Waals surface area contributed by atoms with Crippen LogP contribution in [0.25, 0.3) is 0 Å². The molecule has 2 aliphatic rings. The summed E-state index contributed by atoms with van der Waals surface area (Å²) in [5.41, 5.74) is 1.35. The predicted octanol–water partition coefficient (Wildman–Crippen LogP) is 2.41. The third-order valence-electron chi connectivity index (χ3n) is 5.19. The van der Waals surface area contributed by atoms with Gasteiger partial charge in [0.2, 0.25) is 22.7 Å². The topological polar surface area (TPSA) is 103 Å². The van der Waals surface area contributed by atoms with Crippen molar-refractivity contribution in [3.8, 4) is 17.2 Å². The number of amides is 1. The zero-order chi connectivity index (χ0) is 22.6. The molecule has 0 saturated carbocycles. The van der Waals surface area contributed by atoms with Gasteiger partial charge in [-0.1, -0.05) is 6.07 Å². The number of hydrogen-bond acceptors (Lipinski definition) is 7. The molecule has 0 aromatic heterocycles. The quantitative estimate of drug-likeness (QED) is 0.643. The smallest absolute Gasteiger partial charge is 0.246 e. The Morgan fingerprint density at radius 2 is 1.88 bits per heavy atom. The number of carbonyl (C=O) groups excluding carboxylic acids is 1. The van der Waals surface area contributed by atoms with E-state index in [1.165, 1.54) is 10.4 Å². The van der Waals surface area contributed by atoms with Gasteiger partial charge in [-0.15, -0.1) is 0 Å². The fourth-order valence-electron chi connectivity index (χ4n) is 3.57. The van der Waals surface area contributed by atoms with Crippen molar-refractivity contribution in [2.75, 3.05) is 45.0 Å². The third-order valence-corrected chi connectivity index (χ3v) is 7.11. The fourth-order valence-corrected chi connectivity index (χ4v) is 5.13. The first-order valence-electron chi connectivity index (χ1n) is 10.5. The van der Waals surface area contributed by atoms with Gasteiger partial charge in [-0.3, -0.25) is 4.79 Å². The first kappa shape index (κ1) is 22.4. The number of nitrogens with zero attached hydrogens (tertiary/aromatic N) is 1. The number of hydrogen-bond donors (Lipinski definition) is 1. The summed E-state index contributed by atoms with van der Waals surface area (Å²) in [5.74, 6) is 1.41. The maximum Gasteiger partial charge on any atom is 0.246 e. The molecule has 9 nitrogen and oxygen atoms in total. The van der Waals surface area contributed by atoms with E-state index in [1.54, 1.807) is 19.1 Å². The van der Waals surface area contributed by atoms with Gasteiger partial charge < -0.3 is 24.3 Å². The van der Waals surface area contributed by atoms with E-state index >= 15 is 0 Å². The number of carbonyl (C=O) groups is 1. The van der Waals surface area contributed by atoms with Crippen molar-refractivity contribution in [2.45, 2.75) is 24.7 Å². The monoisotopic (exact) mass is 462 g/mol. The summed E-state index contributed by atoms with van der Waals surface area (Å²) in [6.07, 6.45) is 0.747. The van der Waals surface area contributed by atoms with Gasteiger partial charge in [-0.2, -0.15) is 4.31 Å². The van der Waals surface area contributed by atoms with Crippen LogP contribution in [0.1, 0.15) is 18.9 Å². The Labute approximate surface area is 187 Å². The minimum absolute atomic E-state index is 0.0369. The molecule has 2 aliphatic heterocycles. The summed E-state index contributed by atoms with van der Waals surface area (Å²) in [6, 6.07) is 10.2. The van der Waals surface area contributed by atoms with Crippen LogP contribution in [0.15, 0.2) is 41.3 Å². The molecule has 32 heavy (non-hydrogen) atoms. The summed E-state index contributed by atoms with van der Waals surface area (Å²) < 4.78 is 49.2. The van der Waals surface area contributed by atoms with Crippen LogP contribution in [-0.2, 0) is 26.0 Å². The molecule has 4 rings (SSSR count). The number of sulfonamides is 1. The van der Waals surface area contributed by atoms with Crippen molar-refractivity contribution in [3.63, 3.8) is 0 Å². The van der Waals surface area contributed by atoms with Crippen LogP contribution in [0.4, 0.5) is 5.69 Å². The number of nitrogens with one attached hydrogen (secondary N) is 1. The minimum Gasteiger partial charge on any atom is -0.492 e. The van der Waals surface area contributed by atoms with E-state index in [0.717, 1.165) is 5.56 Å². The second-order valence-electron chi connectivity index (χ2n) is 7.35. The molecule has 1 N–H and O–H groups in total. The number of ether oxygens (including phenoxy) is 4. The van der Waals surface area contributed by atoms with Crippen LogP contribution in [-0.4, -0.2) is 58.3 Å². The van der Waals surface area contributed by atoms with Crippen molar-refractivity contribution < 1.29 is 32.2 Å².